The maximum atomic E-state index is 5.48. The third kappa shape index (κ3) is 3.99. The first-order valence-corrected chi connectivity index (χ1v) is 7.12. The normalized spacial score (nSPS) is 21.9. The molecule has 1 aromatic heterocycles. The summed E-state index contributed by atoms with van der Waals surface area (Å²) >= 11 is 0. The minimum Gasteiger partial charge on any atom is -0.339 e. The number of likely N-dealkylation sites (N-methyl/N-ethyl adjacent to an activating group) is 2. The molecule has 0 aliphatic carbocycles. The number of nitrogens with zero attached hydrogens (tertiary/aromatic N) is 4. The van der Waals surface area contributed by atoms with E-state index in [1.807, 2.05) is 0 Å². The molecule has 6 nitrogen and oxygen atoms in total. The Hall–Kier alpha value is -0.980. The Labute approximate surface area is 114 Å². The van der Waals surface area contributed by atoms with E-state index in [9.17, 15) is 0 Å². The van der Waals surface area contributed by atoms with Crippen molar-refractivity contribution >= 4 is 0 Å². The van der Waals surface area contributed by atoms with Crippen molar-refractivity contribution in [3.05, 3.63) is 11.7 Å². The Morgan fingerprint density at radius 3 is 2.89 bits per heavy atom. The molecule has 0 spiro atoms. The molecule has 108 valence electrons. The van der Waals surface area contributed by atoms with Gasteiger partial charge in [-0.1, -0.05) is 11.6 Å². The molecule has 2 heterocycles. The number of hydrogen-bond acceptors (Lipinski definition) is 6. The molecule has 2 N–H and O–H groups in total. The Bertz CT molecular complexity index is 381. The minimum absolute atomic E-state index is 0.250. The molecule has 0 bridgehead atoms. The Morgan fingerprint density at radius 2 is 2.11 bits per heavy atom. The van der Waals surface area contributed by atoms with Crippen LogP contribution in [-0.4, -0.2) is 60.2 Å². The fourth-order valence-electron chi connectivity index (χ4n) is 2.39. The first-order chi connectivity index (χ1) is 9.20. The summed E-state index contributed by atoms with van der Waals surface area (Å²) in [6, 6.07) is 0.250. The number of piperazine rings is 1. The first-order valence-electron chi connectivity index (χ1n) is 7.12. The van der Waals surface area contributed by atoms with E-state index >= 15 is 0 Å². The highest BCUT2D eigenvalue weighted by molar-refractivity contribution is 4.98. The van der Waals surface area contributed by atoms with Gasteiger partial charge in [0.05, 0.1) is 6.04 Å². The van der Waals surface area contributed by atoms with Crippen LogP contribution in [-0.2, 0) is 6.42 Å². The van der Waals surface area contributed by atoms with Gasteiger partial charge < -0.3 is 15.2 Å². The van der Waals surface area contributed by atoms with Crippen molar-refractivity contribution in [2.75, 3.05) is 40.3 Å². The van der Waals surface area contributed by atoms with Gasteiger partial charge in [-0.2, -0.15) is 4.98 Å². The molecule has 0 amide bonds. The summed E-state index contributed by atoms with van der Waals surface area (Å²) in [5, 5.41) is 4.14. The minimum atomic E-state index is 0.250. The average Bonchev–Trinajstić information content (AvgIpc) is 2.86. The zero-order valence-electron chi connectivity index (χ0n) is 12.0. The van der Waals surface area contributed by atoms with Gasteiger partial charge in [0.1, 0.15) is 0 Å². The van der Waals surface area contributed by atoms with Crippen LogP contribution in [0.5, 0.6) is 0 Å². The van der Waals surface area contributed by atoms with Crippen LogP contribution in [0, 0.1) is 0 Å². The summed E-state index contributed by atoms with van der Waals surface area (Å²) in [6.45, 7) is 3.86. The van der Waals surface area contributed by atoms with E-state index in [0.717, 1.165) is 63.6 Å². The summed E-state index contributed by atoms with van der Waals surface area (Å²) in [7, 11) is 4.25. The van der Waals surface area contributed by atoms with Crippen molar-refractivity contribution in [1.29, 1.82) is 0 Å². The molecule has 1 atom stereocenters. The van der Waals surface area contributed by atoms with Crippen LogP contribution in [0.15, 0.2) is 4.52 Å². The zero-order chi connectivity index (χ0) is 13.7. The predicted molar refractivity (Wildman–Crippen MR) is 73.8 cm³/mol. The lowest BCUT2D eigenvalue weighted by atomic mass is 10.1. The van der Waals surface area contributed by atoms with Crippen LogP contribution in [0.25, 0.3) is 0 Å². The number of aryl methyl sites for hydroxylation is 1. The second-order valence-electron chi connectivity index (χ2n) is 5.40. The van der Waals surface area contributed by atoms with Gasteiger partial charge >= 0.3 is 0 Å². The van der Waals surface area contributed by atoms with Gasteiger partial charge in [0, 0.05) is 26.1 Å². The van der Waals surface area contributed by atoms with Crippen molar-refractivity contribution in [1.82, 2.24) is 19.9 Å². The summed E-state index contributed by atoms with van der Waals surface area (Å²) in [4.78, 5) is 9.14. The summed E-state index contributed by atoms with van der Waals surface area (Å²) < 4.78 is 5.34. The van der Waals surface area contributed by atoms with E-state index in [4.69, 9.17) is 10.3 Å². The van der Waals surface area contributed by atoms with Crippen LogP contribution >= 0.6 is 0 Å². The van der Waals surface area contributed by atoms with Crippen LogP contribution in [0.1, 0.15) is 37.0 Å². The summed E-state index contributed by atoms with van der Waals surface area (Å²) in [6.07, 6.45) is 4.12. The van der Waals surface area contributed by atoms with Gasteiger partial charge in [-0.25, -0.2) is 0 Å². The van der Waals surface area contributed by atoms with Crippen molar-refractivity contribution in [2.24, 2.45) is 5.73 Å². The molecular weight excluding hydrogens is 242 g/mol. The molecule has 1 aliphatic heterocycles. The molecule has 19 heavy (non-hydrogen) atoms. The molecule has 1 aliphatic rings. The molecule has 1 aromatic rings. The van der Waals surface area contributed by atoms with Crippen molar-refractivity contribution in [3.63, 3.8) is 0 Å². The molecule has 6 heteroatoms. The standard InChI is InChI=1S/C13H25N5O/c1-17-8-9-18(2)11(10-17)13-15-12(19-16-13)6-4-3-5-7-14/h11H,3-10,14H2,1-2H3. The second kappa shape index (κ2) is 6.98. The number of nitrogens with two attached hydrogens (primary N) is 1. The first kappa shape index (κ1) is 14.4. The lowest BCUT2D eigenvalue weighted by molar-refractivity contribution is 0.108. The Balaban J connectivity index is 1.88. The van der Waals surface area contributed by atoms with E-state index in [0.29, 0.717) is 0 Å². The number of hydrogen-bond donors (Lipinski definition) is 1. The van der Waals surface area contributed by atoms with Gasteiger partial charge in [0.2, 0.25) is 5.89 Å². The van der Waals surface area contributed by atoms with Gasteiger partial charge in [0.15, 0.2) is 5.82 Å². The van der Waals surface area contributed by atoms with E-state index in [1.165, 1.54) is 0 Å². The summed E-state index contributed by atoms with van der Waals surface area (Å²) in [5.41, 5.74) is 5.48. The predicted octanol–water partition coefficient (Wildman–Crippen LogP) is 0.659. The monoisotopic (exact) mass is 267 g/mol. The third-order valence-electron chi connectivity index (χ3n) is 3.73. The molecule has 0 saturated carbocycles. The van der Waals surface area contributed by atoms with Gasteiger partial charge in [0.25, 0.3) is 0 Å². The third-order valence-corrected chi connectivity index (χ3v) is 3.73. The van der Waals surface area contributed by atoms with E-state index in [-0.39, 0.29) is 6.04 Å². The molecule has 1 saturated heterocycles. The number of aromatic nitrogens is 2. The highest BCUT2D eigenvalue weighted by Crippen LogP contribution is 2.21. The molecule has 1 fully saturated rings. The lowest BCUT2D eigenvalue weighted by Crippen LogP contribution is -2.45. The second-order valence-corrected chi connectivity index (χ2v) is 5.40. The SMILES string of the molecule is CN1CCN(C)C(c2noc(CCCCCN)n2)C1. The average molecular weight is 267 g/mol. The number of rotatable bonds is 6. The highest BCUT2D eigenvalue weighted by atomic mass is 16.5. The molecular formula is C13H25N5O. The highest BCUT2D eigenvalue weighted by Gasteiger charge is 2.27. The molecule has 0 aromatic carbocycles. The molecule has 1 unspecified atom stereocenters. The number of unbranched alkanes of at least 4 members (excludes halogenated alkanes) is 2. The van der Waals surface area contributed by atoms with Gasteiger partial charge in [-0.05, 0) is 33.5 Å². The fraction of sp³-hybridized carbons (Fsp3) is 0.846. The summed E-state index contributed by atoms with van der Waals surface area (Å²) in [5.74, 6) is 1.58. The van der Waals surface area contributed by atoms with E-state index in [2.05, 4.69) is 34.0 Å². The quantitative estimate of drug-likeness (QED) is 0.763. The van der Waals surface area contributed by atoms with Crippen LogP contribution in [0.3, 0.4) is 0 Å². The topological polar surface area (TPSA) is 71.4 Å². The molecule has 2 rings (SSSR count). The maximum Gasteiger partial charge on any atom is 0.226 e. The smallest absolute Gasteiger partial charge is 0.226 e. The largest absolute Gasteiger partial charge is 0.339 e. The molecule has 0 radical (unpaired) electrons. The maximum absolute atomic E-state index is 5.48. The fourth-order valence-corrected chi connectivity index (χ4v) is 2.39. The van der Waals surface area contributed by atoms with Gasteiger partial charge in [-0.15, -0.1) is 0 Å². The Morgan fingerprint density at radius 1 is 1.26 bits per heavy atom. The van der Waals surface area contributed by atoms with Crippen molar-refractivity contribution in [3.8, 4) is 0 Å². The van der Waals surface area contributed by atoms with Gasteiger partial charge in [-0.3, -0.25) is 4.90 Å². The Kier molecular flexibility index (Phi) is 5.30. The van der Waals surface area contributed by atoms with Crippen molar-refractivity contribution < 1.29 is 4.52 Å². The van der Waals surface area contributed by atoms with Crippen LogP contribution < -0.4 is 5.73 Å². The van der Waals surface area contributed by atoms with Crippen molar-refractivity contribution in [2.45, 2.75) is 31.7 Å². The van der Waals surface area contributed by atoms with Crippen LogP contribution in [0.4, 0.5) is 0 Å². The zero-order valence-corrected chi connectivity index (χ0v) is 12.0. The lowest BCUT2D eigenvalue weighted by Gasteiger charge is -2.35. The van der Waals surface area contributed by atoms with Crippen LogP contribution in [0.2, 0.25) is 0 Å². The van der Waals surface area contributed by atoms with E-state index < -0.39 is 0 Å². The van der Waals surface area contributed by atoms with E-state index in [1.54, 1.807) is 0 Å².